The molecule has 0 saturated heterocycles. The van der Waals surface area contributed by atoms with Gasteiger partial charge in [-0.3, -0.25) is 4.79 Å². The van der Waals surface area contributed by atoms with Crippen molar-refractivity contribution >= 4 is 23.5 Å². The van der Waals surface area contributed by atoms with Crippen LogP contribution in [0.3, 0.4) is 0 Å². The molecule has 0 aliphatic rings. The van der Waals surface area contributed by atoms with E-state index < -0.39 is 23.0 Å². The minimum atomic E-state index is -0.973. The van der Waals surface area contributed by atoms with Gasteiger partial charge in [-0.15, -0.1) is 0 Å². The van der Waals surface area contributed by atoms with E-state index >= 15 is 0 Å². The Morgan fingerprint density at radius 1 is 1.37 bits per heavy atom. The van der Waals surface area contributed by atoms with Gasteiger partial charge >= 0.3 is 5.97 Å². The first-order chi connectivity index (χ1) is 14.3. The number of rotatable bonds is 9. The Morgan fingerprint density at radius 2 is 2.07 bits per heavy atom. The lowest BCUT2D eigenvalue weighted by Gasteiger charge is -2.15. The molecule has 13 nitrogen and oxygen atoms in total. The number of guanidine groups is 1. The molecule has 0 saturated carbocycles. The number of nitrogen functional groups attached to an aromatic ring is 1. The molecule has 6 N–H and O–H groups in total. The topological polar surface area (TPSA) is 201 Å². The van der Waals surface area contributed by atoms with E-state index in [0.29, 0.717) is 17.7 Å². The van der Waals surface area contributed by atoms with E-state index in [4.69, 9.17) is 20.6 Å². The number of amides is 1. The van der Waals surface area contributed by atoms with E-state index in [9.17, 15) is 19.7 Å². The maximum atomic E-state index is 12.4. The Morgan fingerprint density at radius 3 is 2.70 bits per heavy atom. The highest BCUT2D eigenvalue weighted by Crippen LogP contribution is 2.20. The van der Waals surface area contributed by atoms with Crippen LogP contribution in [-0.2, 0) is 9.53 Å². The summed E-state index contributed by atoms with van der Waals surface area (Å²) in [6, 6.07) is 5.76. The number of nitrogens with zero attached hydrogens (tertiary/aromatic N) is 3. The fourth-order valence-electron chi connectivity index (χ4n) is 2.38. The maximum absolute atomic E-state index is 12.4. The molecule has 1 unspecified atom stereocenters. The molecule has 0 fully saturated rings. The molecule has 0 radical (unpaired) electrons. The minimum absolute atomic E-state index is 0.0202. The first-order valence-corrected chi connectivity index (χ1v) is 8.71. The Kier molecular flexibility index (Phi) is 7.67. The van der Waals surface area contributed by atoms with Crippen molar-refractivity contribution < 1.29 is 23.8 Å². The van der Waals surface area contributed by atoms with Gasteiger partial charge in [-0.25, -0.2) is 24.9 Å². The summed E-state index contributed by atoms with van der Waals surface area (Å²) in [5.41, 5.74) is 13.8. The molecule has 30 heavy (non-hydrogen) atoms. The number of hydrazine groups is 1. The number of hydrogen-bond acceptors (Lipinski definition) is 9. The predicted molar refractivity (Wildman–Crippen MR) is 105 cm³/mol. The third-order valence-corrected chi connectivity index (χ3v) is 3.82. The molecular formula is C17H21N7O6. The number of carbonyl (C=O) groups is 2. The van der Waals surface area contributed by atoms with Crippen LogP contribution in [0.4, 0.5) is 5.69 Å². The second-order valence-corrected chi connectivity index (χ2v) is 5.99. The number of hydrogen-bond donors (Lipinski definition) is 4. The molecule has 1 aromatic carbocycles. The Hall–Kier alpha value is -4.16. The lowest BCUT2D eigenvalue weighted by molar-refractivity contribution is -0.525. The zero-order chi connectivity index (χ0) is 22.1. The Balaban J connectivity index is 1.97. The lowest BCUT2D eigenvalue weighted by Crippen LogP contribution is -2.41. The molecule has 0 spiro atoms. The minimum Gasteiger partial charge on any atom is -0.467 e. The van der Waals surface area contributed by atoms with Crippen molar-refractivity contribution in [2.24, 2.45) is 10.7 Å². The quantitative estimate of drug-likeness (QED) is 0.0819. The van der Waals surface area contributed by atoms with Crippen molar-refractivity contribution in [3.05, 3.63) is 46.3 Å². The summed E-state index contributed by atoms with van der Waals surface area (Å²) in [6.45, 7) is 0.0985. The Bertz CT molecular complexity index is 925. The number of esters is 1. The fraction of sp³-hybridized carbons (Fsp3) is 0.294. The highest BCUT2D eigenvalue weighted by molar-refractivity contribution is 5.95. The van der Waals surface area contributed by atoms with E-state index in [1.165, 1.54) is 13.4 Å². The average molecular weight is 419 g/mol. The van der Waals surface area contributed by atoms with Gasteiger partial charge < -0.3 is 25.9 Å². The van der Waals surface area contributed by atoms with Crippen molar-refractivity contribution in [2.75, 3.05) is 19.4 Å². The van der Waals surface area contributed by atoms with Crippen LogP contribution in [0, 0.1) is 10.1 Å². The van der Waals surface area contributed by atoms with Crippen molar-refractivity contribution in [1.29, 1.82) is 0 Å². The number of oxazole rings is 1. The summed E-state index contributed by atoms with van der Waals surface area (Å²) in [4.78, 5) is 42.5. The molecule has 1 aromatic heterocycles. The van der Waals surface area contributed by atoms with Crippen molar-refractivity contribution in [2.45, 2.75) is 18.9 Å². The first-order valence-electron chi connectivity index (χ1n) is 8.71. The van der Waals surface area contributed by atoms with Crippen LogP contribution < -0.4 is 22.2 Å². The summed E-state index contributed by atoms with van der Waals surface area (Å²) >= 11 is 0. The van der Waals surface area contributed by atoms with Gasteiger partial charge in [0, 0.05) is 17.8 Å². The van der Waals surface area contributed by atoms with Crippen molar-refractivity contribution in [1.82, 2.24) is 15.7 Å². The van der Waals surface area contributed by atoms with Gasteiger partial charge in [-0.2, -0.15) is 0 Å². The highest BCUT2D eigenvalue weighted by Gasteiger charge is 2.23. The number of aliphatic imine (C=N–C) groups is 1. The van der Waals surface area contributed by atoms with Gasteiger partial charge in [-0.05, 0) is 37.1 Å². The molecule has 1 amide bonds. The summed E-state index contributed by atoms with van der Waals surface area (Å²) in [5, 5.41) is 11.9. The number of carbonyl (C=O) groups excluding carboxylic acids is 2. The number of methoxy groups -OCH3 is 1. The SMILES string of the molecule is COC(=O)C(CCCN=C(N)N[N+](=O)[O-])NC(=O)c1coc(-c2ccc(N)cc2)n1. The molecule has 0 aliphatic carbocycles. The number of nitro groups is 1. The van der Waals surface area contributed by atoms with Crippen LogP contribution in [0.1, 0.15) is 23.3 Å². The lowest BCUT2D eigenvalue weighted by atomic mass is 10.1. The van der Waals surface area contributed by atoms with E-state index in [-0.39, 0.29) is 30.5 Å². The first kappa shape index (κ1) is 22.1. The maximum Gasteiger partial charge on any atom is 0.328 e. The van der Waals surface area contributed by atoms with Gasteiger partial charge in [0.1, 0.15) is 12.3 Å². The van der Waals surface area contributed by atoms with E-state index in [0.717, 1.165) is 0 Å². The predicted octanol–water partition coefficient (Wildman–Crippen LogP) is 0.0714. The van der Waals surface area contributed by atoms with Gasteiger partial charge in [-0.1, -0.05) is 5.43 Å². The molecule has 1 heterocycles. The van der Waals surface area contributed by atoms with Crippen LogP contribution in [0.5, 0.6) is 0 Å². The third-order valence-electron chi connectivity index (χ3n) is 3.82. The van der Waals surface area contributed by atoms with Crippen molar-refractivity contribution in [3.8, 4) is 11.5 Å². The van der Waals surface area contributed by atoms with Gasteiger partial charge in [0.2, 0.25) is 5.89 Å². The number of benzene rings is 1. The van der Waals surface area contributed by atoms with Crippen LogP contribution in [0.2, 0.25) is 0 Å². The van der Waals surface area contributed by atoms with Gasteiger partial charge in [0.15, 0.2) is 10.7 Å². The average Bonchev–Trinajstić information content (AvgIpc) is 3.20. The molecule has 2 rings (SSSR count). The monoisotopic (exact) mass is 419 g/mol. The number of ether oxygens (including phenoxy) is 1. The van der Waals surface area contributed by atoms with E-state index in [2.05, 4.69) is 15.3 Å². The molecular weight excluding hydrogens is 398 g/mol. The van der Waals surface area contributed by atoms with Gasteiger partial charge in [0.25, 0.3) is 11.9 Å². The zero-order valence-corrected chi connectivity index (χ0v) is 16.0. The van der Waals surface area contributed by atoms with Gasteiger partial charge in [0.05, 0.1) is 7.11 Å². The Labute approximate surface area is 170 Å². The van der Waals surface area contributed by atoms with E-state index in [1.807, 2.05) is 0 Å². The number of aromatic nitrogens is 1. The van der Waals surface area contributed by atoms with Crippen LogP contribution in [0.25, 0.3) is 11.5 Å². The second-order valence-electron chi connectivity index (χ2n) is 5.99. The summed E-state index contributed by atoms with van der Waals surface area (Å²) in [6.07, 6.45) is 1.63. The van der Waals surface area contributed by atoms with Crippen molar-refractivity contribution in [3.63, 3.8) is 0 Å². The molecule has 1 atom stereocenters. The summed E-state index contributed by atoms with van der Waals surface area (Å²) in [5.74, 6) is -1.44. The number of nitrogens with two attached hydrogens (primary N) is 2. The number of anilines is 1. The summed E-state index contributed by atoms with van der Waals surface area (Å²) < 4.78 is 10.0. The normalized spacial score (nSPS) is 12.1. The molecule has 2 aromatic rings. The molecule has 0 bridgehead atoms. The van der Waals surface area contributed by atoms with E-state index in [1.54, 1.807) is 29.7 Å². The third kappa shape index (κ3) is 6.47. The molecule has 13 heteroatoms. The standard InChI is InChI=1S/C17H21N7O6/c1-29-16(26)12(3-2-8-20-17(19)23-24(27)28)21-14(25)13-9-30-15(22-13)10-4-6-11(18)7-5-10/h4-7,9,12H,2-3,8,18H2,1H3,(H,21,25)(H3,19,20,23). The zero-order valence-electron chi connectivity index (χ0n) is 16.0. The molecule has 160 valence electrons. The highest BCUT2D eigenvalue weighted by atomic mass is 16.7. The fourth-order valence-corrected chi connectivity index (χ4v) is 2.38. The number of nitrogens with one attached hydrogen (secondary N) is 2. The van der Waals surface area contributed by atoms with Crippen LogP contribution in [0.15, 0.2) is 39.9 Å². The second kappa shape index (κ2) is 10.4. The molecule has 0 aliphatic heterocycles. The largest absolute Gasteiger partial charge is 0.467 e. The smallest absolute Gasteiger partial charge is 0.328 e. The summed E-state index contributed by atoms with van der Waals surface area (Å²) in [7, 11) is 1.19. The van der Waals surface area contributed by atoms with Crippen LogP contribution >= 0.6 is 0 Å². The van der Waals surface area contributed by atoms with Crippen LogP contribution in [-0.4, -0.2) is 47.5 Å².